The van der Waals surface area contributed by atoms with Gasteiger partial charge >= 0.3 is 0 Å². The molecule has 0 spiro atoms. The van der Waals surface area contributed by atoms with Gasteiger partial charge in [-0.1, -0.05) is 6.92 Å². The number of aliphatic imine (C=N–C) groups is 1. The van der Waals surface area contributed by atoms with Crippen LogP contribution >= 0.6 is 0 Å². The highest BCUT2D eigenvalue weighted by Crippen LogP contribution is 2.23. The van der Waals surface area contributed by atoms with Crippen LogP contribution in [0, 0.1) is 0 Å². The van der Waals surface area contributed by atoms with Gasteiger partial charge < -0.3 is 10.5 Å². The first-order chi connectivity index (χ1) is 13.2. The topological polar surface area (TPSA) is 95.4 Å². The number of nitrogens with zero attached hydrogens (tertiary/aromatic N) is 4. The fraction of sp³-hybridized carbons (Fsp3) is 0.200. The molecule has 1 aromatic carbocycles. The van der Waals surface area contributed by atoms with Crippen LogP contribution in [0.3, 0.4) is 0 Å². The Labute approximate surface area is 156 Å². The minimum Gasteiger partial charge on any atom is -0.487 e. The Bertz CT molecular complexity index is 1070. The highest BCUT2D eigenvalue weighted by molar-refractivity contribution is 6.01. The highest BCUT2D eigenvalue weighted by Gasteiger charge is 2.07. The van der Waals surface area contributed by atoms with Crippen molar-refractivity contribution in [3.8, 4) is 5.75 Å². The lowest BCUT2D eigenvalue weighted by atomic mass is 10.1. The highest BCUT2D eigenvalue weighted by atomic mass is 16.5. The maximum absolute atomic E-state index is 12.1. The summed E-state index contributed by atoms with van der Waals surface area (Å²) in [7, 11) is 1.63. The van der Waals surface area contributed by atoms with Gasteiger partial charge in [0.25, 0.3) is 0 Å². The monoisotopic (exact) mass is 363 g/mol. The molecule has 2 N–H and O–H groups in total. The van der Waals surface area contributed by atoms with E-state index in [9.17, 15) is 4.79 Å². The van der Waals surface area contributed by atoms with Gasteiger partial charge in [-0.2, -0.15) is 5.10 Å². The normalized spacial score (nSPS) is 12.0. The minimum atomic E-state index is -0.201. The van der Waals surface area contributed by atoms with Crippen LogP contribution in [0.1, 0.15) is 18.2 Å². The van der Waals surface area contributed by atoms with Gasteiger partial charge in [-0.3, -0.25) is 14.8 Å². The van der Waals surface area contributed by atoms with Crippen molar-refractivity contribution in [1.82, 2.24) is 14.8 Å². The number of pyridine rings is 1. The minimum absolute atomic E-state index is 0.0496. The molecule has 3 aromatic rings. The summed E-state index contributed by atoms with van der Waals surface area (Å²) in [5.41, 5.74) is 8.34. The number of aryl methyl sites for hydroxylation is 1. The van der Waals surface area contributed by atoms with E-state index in [-0.39, 0.29) is 17.7 Å². The van der Waals surface area contributed by atoms with E-state index in [1.807, 2.05) is 24.3 Å². The van der Waals surface area contributed by atoms with Crippen LogP contribution < -0.4 is 15.9 Å². The number of nitrogens with two attached hydrogens (primary N) is 1. The molecule has 0 radical (unpaired) electrons. The van der Waals surface area contributed by atoms with Crippen LogP contribution in [0.25, 0.3) is 16.6 Å². The average Bonchev–Trinajstić information content (AvgIpc) is 2.71. The number of hydrogen-bond donors (Lipinski definition) is 1. The molecule has 2 aromatic heterocycles. The van der Waals surface area contributed by atoms with E-state index < -0.39 is 0 Å². The predicted octanol–water partition coefficient (Wildman–Crippen LogP) is 2.39. The molecule has 0 bridgehead atoms. The number of benzene rings is 1. The van der Waals surface area contributed by atoms with Crippen LogP contribution in [-0.2, 0) is 13.0 Å². The first-order valence-electron chi connectivity index (χ1n) is 8.60. The van der Waals surface area contributed by atoms with E-state index >= 15 is 0 Å². The zero-order chi connectivity index (χ0) is 19.2. The van der Waals surface area contributed by atoms with Crippen molar-refractivity contribution in [2.45, 2.75) is 20.0 Å². The zero-order valence-corrected chi connectivity index (χ0v) is 15.3. The summed E-state index contributed by atoms with van der Waals surface area (Å²) in [6.07, 6.45) is 7.19. The molecule has 27 heavy (non-hydrogen) atoms. The third-order valence-corrected chi connectivity index (χ3v) is 4.14. The molecule has 3 rings (SSSR count). The van der Waals surface area contributed by atoms with Crippen LogP contribution in [-0.4, -0.2) is 28.0 Å². The molecule has 7 heteroatoms. The molecular weight excluding hydrogens is 342 g/mol. The zero-order valence-electron chi connectivity index (χ0n) is 15.3. The van der Waals surface area contributed by atoms with Crippen LogP contribution in [0.4, 0.5) is 0 Å². The largest absolute Gasteiger partial charge is 0.487 e. The Kier molecular flexibility index (Phi) is 5.61. The van der Waals surface area contributed by atoms with Crippen molar-refractivity contribution in [3.05, 3.63) is 70.4 Å². The lowest BCUT2D eigenvalue weighted by Crippen LogP contribution is -2.19. The molecule has 0 aliphatic heterocycles. The smallest absolute Gasteiger partial charge is 0.206 e. The van der Waals surface area contributed by atoms with Gasteiger partial charge in [0, 0.05) is 43.3 Å². The Morgan fingerprint density at radius 2 is 2.19 bits per heavy atom. The number of hydrogen-bond acceptors (Lipinski definition) is 6. The molecule has 0 amide bonds. The van der Waals surface area contributed by atoms with Crippen molar-refractivity contribution >= 4 is 22.8 Å². The molecular formula is C20H21N5O2. The summed E-state index contributed by atoms with van der Waals surface area (Å²) in [6.45, 7) is 2.15. The van der Waals surface area contributed by atoms with Crippen LogP contribution in [0.2, 0.25) is 0 Å². The van der Waals surface area contributed by atoms with E-state index in [2.05, 4.69) is 22.0 Å². The van der Waals surface area contributed by atoms with Crippen molar-refractivity contribution in [3.63, 3.8) is 0 Å². The number of fused-ring (bicyclic) bond motifs is 1. The maximum Gasteiger partial charge on any atom is 0.206 e. The fourth-order valence-corrected chi connectivity index (χ4v) is 2.73. The summed E-state index contributed by atoms with van der Waals surface area (Å²) < 4.78 is 7.31. The van der Waals surface area contributed by atoms with Gasteiger partial charge in [0.05, 0.1) is 11.2 Å². The van der Waals surface area contributed by atoms with Crippen molar-refractivity contribution in [2.75, 3.05) is 7.05 Å². The second kappa shape index (κ2) is 8.27. The quantitative estimate of drug-likeness (QED) is 0.679. The number of allylic oxidation sites excluding steroid dienone is 1. The van der Waals surface area contributed by atoms with Gasteiger partial charge in [-0.25, -0.2) is 4.68 Å². The molecule has 0 unspecified atom stereocenters. The third kappa shape index (κ3) is 4.03. The second-order valence-corrected chi connectivity index (χ2v) is 5.84. The molecule has 0 fully saturated rings. The lowest BCUT2D eigenvalue weighted by Gasteiger charge is -2.10. The summed E-state index contributed by atoms with van der Waals surface area (Å²) >= 11 is 0. The van der Waals surface area contributed by atoms with Crippen molar-refractivity contribution in [1.29, 1.82) is 0 Å². The Morgan fingerprint density at radius 1 is 1.33 bits per heavy atom. The Hall–Kier alpha value is -3.48. The molecule has 7 nitrogen and oxygen atoms in total. The number of aromatic nitrogens is 3. The van der Waals surface area contributed by atoms with Crippen LogP contribution in [0.15, 0.2) is 58.7 Å². The molecule has 138 valence electrons. The SMILES string of the molecule is CCc1ccnc2ccc(OCc3nn(C(C=NC)=CN)ccc3=O)cc12. The first-order valence-corrected chi connectivity index (χ1v) is 8.60. The molecule has 2 heterocycles. The van der Waals surface area contributed by atoms with E-state index in [1.54, 1.807) is 25.7 Å². The predicted molar refractivity (Wildman–Crippen MR) is 107 cm³/mol. The van der Waals surface area contributed by atoms with Crippen molar-refractivity contribution < 1.29 is 4.74 Å². The molecule has 0 aliphatic rings. The molecule has 0 saturated carbocycles. The molecule has 0 saturated heterocycles. The standard InChI is InChI=1S/C20H21N5O2/c1-3-14-6-8-23-18-5-4-16(10-17(14)18)27-13-19-20(26)7-9-25(24-19)15(11-21)12-22-2/h4-12H,3,13,21H2,1-2H3. The number of rotatable bonds is 6. The lowest BCUT2D eigenvalue weighted by molar-refractivity contribution is 0.298. The summed E-state index contributed by atoms with van der Waals surface area (Å²) in [6, 6.07) is 9.12. The second-order valence-electron chi connectivity index (χ2n) is 5.84. The van der Waals surface area contributed by atoms with Gasteiger partial charge in [0.1, 0.15) is 18.1 Å². The Balaban J connectivity index is 1.86. The van der Waals surface area contributed by atoms with Crippen molar-refractivity contribution in [2.24, 2.45) is 10.7 Å². The van der Waals surface area contributed by atoms with Gasteiger partial charge in [0.15, 0.2) is 0 Å². The van der Waals surface area contributed by atoms with E-state index in [1.165, 1.54) is 22.5 Å². The third-order valence-electron chi connectivity index (χ3n) is 4.14. The van der Waals surface area contributed by atoms with Crippen LogP contribution in [0.5, 0.6) is 5.75 Å². The average molecular weight is 363 g/mol. The molecule has 0 atom stereocenters. The maximum atomic E-state index is 12.1. The number of ether oxygens (including phenoxy) is 1. The van der Waals surface area contributed by atoms with Gasteiger partial charge in [-0.15, -0.1) is 0 Å². The van der Waals surface area contributed by atoms with E-state index in [4.69, 9.17) is 10.5 Å². The summed E-state index contributed by atoms with van der Waals surface area (Å²) in [5, 5.41) is 5.35. The summed E-state index contributed by atoms with van der Waals surface area (Å²) in [4.78, 5) is 20.4. The molecule has 0 aliphatic carbocycles. The fourth-order valence-electron chi connectivity index (χ4n) is 2.73. The first kappa shape index (κ1) is 18.3. The summed E-state index contributed by atoms with van der Waals surface area (Å²) in [5.74, 6) is 0.659. The van der Waals surface area contributed by atoms with E-state index in [0.29, 0.717) is 11.4 Å². The Morgan fingerprint density at radius 3 is 2.93 bits per heavy atom. The van der Waals surface area contributed by atoms with Gasteiger partial charge in [-0.05, 0) is 36.2 Å². The van der Waals surface area contributed by atoms with E-state index in [0.717, 1.165) is 17.3 Å². The van der Waals surface area contributed by atoms with Gasteiger partial charge in [0.2, 0.25) is 5.43 Å².